The van der Waals surface area contributed by atoms with Crippen LogP contribution in [0.2, 0.25) is 0 Å². The van der Waals surface area contributed by atoms with Crippen LogP contribution < -0.4 is 0 Å². The number of carbonyl (C=O) groups is 2. The molecular weight excluding hydrogens is 358 g/mol. The maximum Gasteiger partial charge on any atom is 0.361 e. The molecule has 0 amide bonds. The zero-order valence-electron chi connectivity index (χ0n) is 16.9. The first-order valence-electron chi connectivity index (χ1n) is 10.4. The van der Waals surface area contributed by atoms with Gasteiger partial charge in [-0.25, -0.2) is 9.59 Å². The Kier molecular flexibility index (Phi) is 6.40. The summed E-state index contributed by atoms with van der Waals surface area (Å²) >= 11 is 0. The minimum Gasteiger partial charge on any atom is -0.462 e. The number of quaternary nitrogens is 1. The van der Waals surface area contributed by atoms with Crippen molar-refractivity contribution in [2.75, 3.05) is 33.3 Å². The minimum absolute atomic E-state index is 0.121. The van der Waals surface area contributed by atoms with Gasteiger partial charge in [0.1, 0.15) is 6.54 Å². The van der Waals surface area contributed by atoms with Crippen LogP contribution in [0, 0.1) is 5.92 Å². The molecule has 28 heavy (non-hydrogen) atoms. The first kappa shape index (κ1) is 20.8. The van der Waals surface area contributed by atoms with Crippen molar-refractivity contribution < 1.29 is 28.7 Å². The Hall–Kier alpha value is -1.92. The van der Waals surface area contributed by atoms with E-state index in [1.165, 1.54) is 0 Å². The minimum atomic E-state index is -1.61. The monoisotopic (exact) mass is 390 g/mol. The Bertz CT molecular complexity index is 687. The zero-order valence-corrected chi connectivity index (χ0v) is 16.9. The quantitative estimate of drug-likeness (QED) is 0.572. The maximum atomic E-state index is 13.2. The summed E-state index contributed by atoms with van der Waals surface area (Å²) < 4.78 is 11.4. The molecule has 0 spiro atoms. The maximum absolute atomic E-state index is 13.2. The number of hydrogen-bond donors (Lipinski definition) is 1. The lowest BCUT2D eigenvalue weighted by Gasteiger charge is -2.33. The van der Waals surface area contributed by atoms with Crippen LogP contribution in [0.3, 0.4) is 0 Å². The number of ether oxygens (including phenoxy) is 2. The van der Waals surface area contributed by atoms with Gasteiger partial charge in [0.2, 0.25) is 0 Å². The first-order valence-corrected chi connectivity index (χ1v) is 10.4. The molecule has 6 heteroatoms. The van der Waals surface area contributed by atoms with Gasteiger partial charge in [-0.05, 0) is 25.3 Å². The van der Waals surface area contributed by atoms with E-state index in [0.29, 0.717) is 29.6 Å². The lowest BCUT2D eigenvalue weighted by molar-refractivity contribution is -0.891. The van der Waals surface area contributed by atoms with E-state index in [9.17, 15) is 14.7 Å². The summed E-state index contributed by atoms with van der Waals surface area (Å²) in [6, 6.07) is 9.15. The van der Waals surface area contributed by atoms with Crippen molar-refractivity contribution in [1.29, 1.82) is 0 Å². The summed E-state index contributed by atoms with van der Waals surface area (Å²) in [6.45, 7) is 3.72. The standard InChI is InChI=1S/C22H32NO5/c1-3-27-20(24)16-23(2)14-13-19(15-23)28-21(25)22(26,18-11-7-8-12-18)17-9-5-4-6-10-17/h4-6,9-10,18-19,26H,3,7-8,11-16H2,1-2H3/q+1/t19-,22?,23?/m1/s1. The topological polar surface area (TPSA) is 72.8 Å². The van der Waals surface area contributed by atoms with Crippen LogP contribution in [0.5, 0.6) is 0 Å². The molecule has 154 valence electrons. The number of esters is 2. The Morgan fingerprint density at radius 3 is 2.50 bits per heavy atom. The van der Waals surface area contributed by atoms with Crippen molar-refractivity contribution >= 4 is 11.9 Å². The summed E-state index contributed by atoms with van der Waals surface area (Å²) in [7, 11) is 1.98. The van der Waals surface area contributed by atoms with Crippen LogP contribution in [-0.2, 0) is 24.7 Å². The summed E-state index contributed by atoms with van der Waals surface area (Å²) in [5.74, 6) is -0.909. The van der Waals surface area contributed by atoms with Crippen LogP contribution >= 0.6 is 0 Å². The van der Waals surface area contributed by atoms with Gasteiger partial charge in [-0.2, -0.15) is 0 Å². The summed E-state index contributed by atoms with van der Waals surface area (Å²) in [5.41, 5.74) is -1.00. The van der Waals surface area contributed by atoms with E-state index in [1.54, 1.807) is 19.1 Å². The van der Waals surface area contributed by atoms with E-state index in [1.807, 2.05) is 25.2 Å². The van der Waals surface area contributed by atoms with Crippen molar-refractivity contribution in [3.8, 4) is 0 Å². The number of likely N-dealkylation sites (N-methyl/N-ethyl adjacent to an activating group) is 1. The van der Waals surface area contributed by atoms with Crippen LogP contribution in [0.1, 0.15) is 44.6 Å². The third-order valence-electron chi connectivity index (χ3n) is 6.20. The second kappa shape index (κ2) is 8.62. The van der Waals surface area contributed by atoms with Crippen molar-refractivity contribution in [1.82, 2.24) is 0 Å². The van der Waals surface area contributed by atoms with E-state index in [0.717, 1.165) is 32.2 Å². The molecule has 2 fully saturated rings. The molecule has 0 radical (unpaired) electrons. The van der Waals surface area contributed by atoms with Gasteiger partial charge >= 0.3 is 11.9 Å². The average molecular weight is 391 g/mol. The molecule has 1 N–H and O–H groups in total. The van der Waals surface area contributed by atoms with Crippen LogP contribution in [0.4, 0.5) is 0 Å². The molecule has 1 saturated heterocycles. The van der Waals surface area contributed by atoms with Gasteiger partial charge in [-0.3, -0.25) is 0 Å². The number of benzene rings is 1. The highest BCUT2D eigenvalue weighted by atomic mass is 16.6. The summed E-state index contributed by atoms with van der Waals surface area (Å²) in [4.78, 5) is 25.0. The van der Waals surface area contributed by atoms with Gasteiger partial charge < -0.3 is 19.1 Å². The molecule has 1 aliphatic carbocycles. The molecule has 1 heterocycles. The van der Waals surface area contributed by atoms with Crippen molar-refractivity contribution in [3.05, 3.63) is 35.9 Å². The molecular formula is C22H32NO5+. The molecule has 1 aliphatic heterocycles. The Morgan fingerprint density at radius 1 is 1.18 bits per heavy atom. The molecule has 2 aliphatic rings. The van der Waals surface area contributed by atoms with Crippen LogP contribution in [-0.4, -0.2) is 60.9 Å². The molecule has 1 saturated carbocycles. The van der Waals surface area contributed by atoms with Crippen LogP contribution in [0.25, 0.3) is 0 Å². The lowest BCUT2D eigenvalue weighted by Crippen LogP contribution is -2.48. The fraction of sp³-hybridized carbons (Fsp3) is 0.636. The molecule has 3 atom stereocenters. The van der Waals surface area contributed by atoms with Crippen LogP contribution in [0.15, 0.2) is 30.3 Å². The molecule has 2 unspecified atom stereocenters. The average Bonchev–Trinajstić information content (AvgIpc) is 3.32. The van der Waals surface area contributed by atoms with Crippen molar-refractivity contribution in [2.45, 2.75) is 50.7 Å². The first-order chi connectivity index (χ1) is 13.4. The smallest absolute Gasteiger partial charge is 0.361 e. The second-order valence-corrected chi connectivity index (χ2v) is 8.42. The van der Waals surface area contributed by atoms with Gasteiger partial charge in [0, 0.05) is 12.3 Å². The molecule has 0 aromatic heterocycles. The third-order valence-corrected chi connectivity index (χ3v) is 6.20. The number of carbonyl (C=O) groups excluding carboxylic acids is 2. The van der Waals surface area contributed by atoms with Gasteiger partial charge in [0.05, 0.1) is 20.2 Å². The highest BCUT2D eigenvalue weighted by Gasteiger charge is 2.50. The predicted octanol–water partition coefficient (Wildman–Crippen LogP) is 2.39. The number of likely N-dealkylation sites (tertiary alicyclic amines) is 1. The van der Waals surface area contributed by atoms with E-state index in [4.69, 9.17) is 9.47 Å². The predicted molar refractivity (Wildman–Crippen MR) is 104 cm³/mol. The number of aliphatic hydroxyl groups is 1. The molecule has 0 bridgehead atoms. The van der Waals surface area contributed by atoms with Crippen molar-refractivity contribution in [2.24, 2.45) is 5.92 Å². The third kappa shape index (κ3) is 4.39. The molecule has 1 aromatic rings. The van der Waals surface area contributed by atoms with Crippen molar-refractivity contribution in [3.63, 3.8) is 0 Å². The molecule has 1 aromatic carbocycles. The Morgan fingerprint density at radius 2 is 1.86 bits per heavy atom. The van der Waals surface area contributed by atoms with Gasteiger partial charge in [0.25, 0.3) is 0 Å². The fourth-order valence-corrected chi connectivity index (χ4v) is 4.69. The lowest BCUT2D eigenvalue weighted by atomic mass is 9.80. The number of hydrogen-bond acceptors (Lipinski definition) is 5. The van der Waals surface area contributed by atoms with Gasteiger partial charge in [0.15, 0.2) is 18.2 Å². The zero-order chi connectivity index (χ0) is 20.2. The highest BCUT2D eigenvalue weighted by molar-refractivity contribution is 5.81. The summed E-state index contributed by atoms with van der Waals surface area (Å²) in [6.07, 6.45) is 4.06. The largest absolute Gasteiger partial charge is 0.462 e. The number of nitrogens with zero attached hydrogens (tertiary/aromatic N) is 1. The number of rotatable bonds is 7. The van der Waals surface area contributed by atoms with Gasteiger partial charge in [-0.15, -0.1) is 0 Å². The fourth-order valence-electron chi connectivity index (χ4n) is 4.69. The summed E-state index contributed by atoms with van der Waals surface area (Å²) in [5, 5.41) is 11.5. The van der Waals surface area contributed by atoms with Gasteiger partial charge in [-0.1, -0.05) is 43.2 Å². The highest BCUT2D eigenvalue weighted by Crippen LogP contribution is 2.42. The molecule has 3 rings (SSSR count). The van der Waals surface area contributed by atoms with E-state index in [2.05, 4.69) is 0 Å². The SMILES string of the molecule is CCOC(=O)C[N+]1(C)CC[C@@H](OC(=O)C(O)(c2ccccc2)C2CCCC2)C1. The molecule has 6 nitrogen and oxygen atoms in total. The van der Waals surface area contributed by atoms with E-state index >= 15 is 0 Å². The Balaban J connectivity index is 1.70. The Labute approximate surface area is 167 Å². The normalized spacial score (nSPS) is 27.3. The second-order valence-electron chi connectivity index (χ2n) is 8.42. The van der Waals surface area contributed by atoms with E-state index < -0.39 is 11.6 Å². The van der Waals surface area contributed by atoms with E-state index in [-0.39, 0.29) is 24.5 Å².